The topological polar surface area (TPSA) is 50.9 Å². The van der Waals surface area contributed by atoms with Crippen LogP contribution in [0.4, 0.5) is 0 Å². The molecule has 1 N–H and O–H groups in total. The van der Waals surface area contributed by atoms with Gasteiger partial charge in [0.1, 0.15) is 11.6 Å². The monoisotopic (exact) mass is 1050 g/mol. The number of fused-ring (bicyclic) bond motifs is 5. The second kappa shape index (κ2) is 16.8. The smallest absolute Gasteiger partial charge is 0.149 e. The van der Waals surface area contributed by atoms with E-state index in [1.807, 2.05) is 6.07 Å². The van der Waals surface area contributed by atoms with E-state index in [1.165, 1.54) is 38.9 Å². The Morgan fingerprint density at radius 2 is 1.20 bits per heavy atom. The second-order valence-corrected chi connectivity index (χ2v) is 21.5. The SMILES string of the molecule is Cc1cc(C)c(-c2cc[c-]c(-c3ccc4c(C)c(C)c5ccc6c(nc(-c7cc(C(C)(C)C)cc(C(C)(C)C)c7O)n6-c6ccc(C(C)(C)C)cc6-c6ccccc6)c5c4n3)c2)c(C)c1.[Pt]. The van der Waals surface area contributed by atoms with Crippen LogP contribution in [0.25, 0.3) is 83.3 Å². The molecule has 0 fully saturated rings. The summed E-state index contributed by atoms with van der Waals surface area (Å²) in [5.41, 5.74) is 19.7. The van der Waals surface area contributed by atoms with Crippen molar-refractivity contribution in [1.29, 1.82) is 0 Å². The van der Waals surface area contributed by atoms with Gasteiger partial charge in [-0.1, -0.05) is 141 Å². The summed E-state index contributed by atoms with van der Waals surface area (Å²) in [4.78, 5) is 11.3. The molecule has 0 unspecified atom stereocenters. The Bertz CT molecular complexity index is 3350. The summed E-state index contributed by atoms with van der Waals surface area (Å²) in [6, 6.07) is 45.2. The fourth-order valence-corrected chi connectivity index (χ4v) is 9.89. The van der Waals surface area contributed by atoms with Crippen LogP contribution in [0, 0.1) is 40.7 Å². The van der Waals surface area contributed by atoms with Gasteiger partial charge in [-0.2, -0.15) is 0 Å². The maximum atomic E-state index is 12.6. The summed E-state index contributed by atoms with van der Waals surface area (Å²) >= 11 is 0. The average Bonchev–Trinajstić information content (AvgIpc) is 3.63. The van der Waals surface area contributed by atoms with Gasteiger partial charge < -0.3 is 5.11 Å². The molecule has 0 aliphatic heterocycles. The van der Waals surface area contributed by atoms with E-state index in [4.69, 9.17) is 9.97 Å². The Hall–Kier alpha value is -5.83. The molecular formula is C61H62N3OPt-. The van der Waals surface area contributed by atoms with Crippen molar-refractivity contribution in [3.05, 3.63) is 166 Å². The molecule has 2 aromatic heterocycles. The molecule has 5 heteroatoms. The molecule has 0 atom stereocenters. The van der Waals surface area contributed by atoms with Crippen molar-refractivity contribution in [3.63, 3.8) is 0 Å². The minimum Gasteiger partial charge on any atom is -0.507 e. The Morgan fingerprint density at radius 1 is 0.561 bits per heavy atom. The van der Waals surface area contributed by atoms with Gasteiger partial charge in [-0.15, -0.1) is 35.4 Å². The molecule has 2 heterocycles. The predicted octanol–water partition coefficient (Wildman–Crippen LogP) is 16.3. The van der Waals surface area contributed by atoms with Crippen LogP contribution in [0.15, 0.2) is 115 Å². The van der Waals surface area contributed by atoms with Crippen LogP contribution in [0.1, 0.15) is 107 Å². The molecule has 4 nitrogen and oxygen atoms in total. The Morgan fingerprint density at radius 3 is 1.85 bits per heavy atom. The molecule has 0 spiro atoms. The minimum absolute atomic E-state index is 0. The van der Waals surface area contributed by atoms with Gasteiger partial charge in [0.25, 0.3) is 0 Å². The third-order valence-corrected chi connectivity index (χ3v) is 13.6. The first kappa shape index (κ1) is 46.7. The molecule has 7 aromatic carbocycles. The van der Waals surface area contributed by atoms with Crippen LogP contribution in [0.3, 0.4) is 0 Å². The van der Waals surface area contributed by atoms with Gasteiger partial charge in [0, 0.05) is 43.0 Å². The number of pyridine rings is 1. The molecule has 9 aromatic rings. The van der Waals surface area contributed by atoms with Gasteiger partial charge in [0.2, 0.25) is 0 Å². The van der Waals surface area contributed by atoms with Gasteiger partial charge in [-0.05, 0) is 131 Å². The fraction of sp³-hybridized carbons (Fsp3) is 0.279. The fourth-order valence-electron chi connectivity index (χ4n) is 9.89. The van der Waals surface area contributed by atoms with Gasteiger partial charge in [-0.25, -0.2) is 4.98 Å². The predicted molar refractivity (Wildman–Crippen MR) is 276 cm³/mol. The number of phenols is 1. The van der Waals surface area contributed by atoms with Gasteiger partial charge in [0.05, 0.1) is 27.8 Å². The average molecular weight is 1050 g/mol. The summed E-state index contributed by atoms with van der Waals surface area (Å²) in [7, 11) is 0. The first-order chi connectivity index (χ1) is 30.6. The molecule has 0 radical (unpaired) electrons. The maximum Gasteiger partial charge on any atom is 0.149 e. The number of rotatable bonds is 5. The van der Waals surface area contributed by atoms with Crippen LogP contribution in [0.5, 0.6) is 5.75 Å². The summed E-state index contributed by atoms with van der Waals surface area (Å²) in [5, 5.41) is 15.8. The number of hydrogen-bond donors (Lipinski definition) is 1. The Labute approximate surface area is 406 Å². The number of aromatic hydroxyl groups is 1. The molecular weight excluding hydrogens is 986 g/mol. The second-order valence-electron chi connectivity index (χ2n) is 21.5. The number of phenolic OH excluding ortho intramolecular Hbond substituents is 1. The standard InChI is InChI=1S/C61H62N3O.Pt/c1-35-29-36(2)53(37(3)30-35)42-22-18-21-41(31-42)50-26-24-46-39(5)38(4)45-25-28-52-56(54(45)55(46)62-50)63-58(48-33-44(60(9,10)11)34-49(57(48)65)61(12,13)14)64(52)51-27-23-43(59(6,7)8)32-47(51)40-19-16-15-17-20-40;/h15-20,22-34,65H,1-14H3;/q-1;. The first-order valence-electron chi connectivity index (χ1n) is 23.1. The van der Waals surface area contributed by atoms with Gasteiger partial charge in [0.15, 0.2) is 0 Å². The number of nitrogens with zero attached hydrogens (tertiary/aromatic N) is 3. The first-order valence-corrected chi connectivity index (χ1v) is 23.1. The zero-order valence-corrected chi connectivity index (χ0v) is 43.3. The van der Waals surface area contributed by atoms with Crippen molar-refractivity contribution in [3.8, 4) is 56.3 Å². The summed E-state index contributed by atoms with van der Waals surface area (Å²) in [6.45, 7) is 31.0. The normalized spacial score (nSPS) is 12.3. The van der Waals surface area contributed by atoms with E-state index in [0.29, 0.717) is 11.4 Å². The third kappa shape index (κ3) is 8.10. The molecule has 338 valence electrons. The van der Waals surface area contributed by atoms with E-state index >= 15 is 0 Å². The number of imidazole rings is 1. The van der Waals surface area contributed by atoms with E-state index in [2.05, 4.69) is 217 Å². The van der Waals surface area contributed by atoms with Crippen molar-refractivity contribution >= 4 is 32.7 Å². The van der Waals surface area contributed by atoms with Crippen molar-refractivity contribution in [1.82, 2.24) is 14.5 Å². The van der Waals surface area contributed by atoms with Gasteiger partial charge in [-0.3, -0.25) is 9.55 Å². The van der Waals surface area contributed by atoms with E-state index in [9.17, 15) is 5.11 Å². The minimum atomic E-state index is -0.330. The zero-order valence-electron chi connectivity index (χ0n) is 41.1. The Balaban J connectivity index is 0.00000592. The van der Waals surface area contributed by atoms with Crippen LogP contribution in [0.2, 0.25) is 0 Å². The van der Waals surface area contributed by atoms with Crippen LogP contribution in [-0.2, 0) is 37.3 Å². The van der Waals surface area contributed by atoms with E-state index in [1.54, 1.807) is 0 Å². The van der Waals surface area contributed by atoms with Gasteiger partial charge >= 0.3 is 0 Å². The number of benzene rings is 7. The van der Waals surface area contributed by atoms with Crippen molar-refractivity contribution in [2.75, 3.05) is 0 Å². The van der Waals surface area contributed by atoms with E-state index in [-0.39, 0.29) is 43.1 Å². The molecule has 66 heavy (non-hydrogen) atoms. The molecule has 0 aliphatic rings. The summed E-state index contributed by atoms with van der Waals surface area (Å²) < 4.78 is 2.30. The van der Waals surface area contributed by atoms with Crippen molar-refractivity contribution in [2.45, 2.75) is 113 Å². The van der Waals surface area contributed by atoms with E-state index < -0.39 is 0 Å². The molecule has 9 rings (SSSR count). The number of hydrogen-bond acceptors (Lipinski definition) is 3. The van der Waals surface area contributed by atoms with Crippen LogP contribution >= 0.6 is 0 Å². The number of aryl methyl sites for hydroxylation is 5. The van der Waals surface area contributed by atoms with E-state index in [0.717, 1.165) is 77.5 Å². The summed E-state index contributed by atoms with van der Waals surface area (Å²) in [6.07, 6.45) is 0. The maximum absolute atomic E-state index is 12.6. The molecule has 0 amide bonds. The van der Waals surface area contributed by atoms with Crippen LogP contribution < -0.4 is 0 Å². The molecule has 0 aliphatic carbocycles. The molecule has 0 saturated heterocycles. The summed E-state index contributed by atoms with van der Waals surface area (Å²) in [5.74, 6) is 0.945. The zero-order chi connectivity index (χ0) is 46.5. The molecule has 0 bridgehead atoms. The van der Waals surface area contributed by atoms with Crippen molar-refractivity contribution < 1.29 is 26.2 Å². The molecule has 0 saturated carbocycles. The Kier molecular flexibility index (Phi) is 11.9. The van der Waals surface area contributed by atoms with Crippen LogP contribution in [-0.4, -0.2) is 19.6 Å². The quantitative estimate of drug-likeness (QED) is 0.138. The largest absolute Gasteiger partial charge is 0.507 e. The number of aromatic nitrogens is 3. The third-order valence-electron chi connectivity index (χ3n) is 13.6. The van der Waals surface area contributed by atoms with Crippen molar-refractivity contribution in [2.24, 2.45) is 0 Å².